The average molecular weight is 311 g/mol. The van der Waals surface area contributed by atoms with Gasteiger partial charge >= 0.3 is 0 Å². The minimum atomic E-state index is -0.470. The summed E-state index contributed by atoms with van der Waals surface area (Å²) >= 11 is 7.26. The maximum Gasteiger partial charge on any atom is 0.250 e. The smallest absolute Gasteiger partial charge is 0.250 e. The van der Waals surface area contributed by atoms with Crippen LogP contribution in [-0.2, 0) is 4.79 Å². The highest BCUT2D eigenvalue weighted by molar-refractivity contribution is 7.15. The van der Waals surface area contributed by atoms with Crippen LogP contribution >= 0.6 is 22.9 Å². The summed E-state index contributed by atoms with van der Waals surface area (Å²) in [6.45, 7) is 3.80. The first kappa shape index (κ1) is 14.7. The molecule has 2 rings (SSSR count). The van der Waals surface area contributed by atoms with Gasteiger partial charge in [-0.3, -0.25) is 10.1 Å². The molecule has 1 aromatic heterocycles. The van der Waals surface area contributed by atoms with Crippen molar-refractivity contribution < 1.29 is 9.18 Å². The summed E-state index contributed by atoms with van der Waals surface area (Å²) in [5.74, 6) is -0.847. The molecule has 3 nitrogen and oxygen atoms in total. The van der Waals surface area contributed by atoms with Gasteiger partial charge < -0.3 is 0 Å². The summed E-state index contributed by atoms with van der Waals surface area (Å²) < 4.78 is 13.5. The van der Waals surface area contributed by atoms with Crippen molar-refractivity contribution in [1.82, 2.24) is 4.98 Å². The molecule has 0 spiro atoms. The zero-order chi connectivity index (χ0) is 14.7. The van der Waals surface area contributed by atoms with Gasteiger partial charge in [-0.2, -0.15) is 0 Å². The minimum absolute atomic E-state index is 0.191. The molecule has 20 heavy (non-hydrogen) atoms. The summed E-state index contributed by atoms with van der Waals surface area (Å²) in [5, 5.41) is 3.41. The van der Waals surface area contributed by atoms with Crippen LogP contribution in [0.3, 0.4) is 0 Å². The molecule has 0 aliphatic rings. The lowest BCUT2D eigenvalue weighted by molar-refractivity contribution is -0.111. The summed E-state index contributed by atoms with van der Waals surface area (Å²) in [6.07, 6.45) is 2.58. The number of carbonyl (C=O) groups is 1. The molecule has 0 bridgehead atoms. The van der Waals surface area contributed by atoms with Crippen molar-refractivity contribution in [3.63, 3.8) is 0 Å². The molecule has 0 radical (unpaired) electrons. The lowest BCUT2D eigenvalue weighted by Gasteiger charge is -1.99. The van der Waals surface area contributed by atoms with Gasteiger partial charge in [-0.15, -0.1) is 11.3 Å². The Morgan fingerprint density at radius 2 is 2.20 bits per heavy atom. The van der Waals surface area contributed by atoms with E-state index in [4.69, 9.17) is 11.6 Å². The topological polar surface area (TPSA) is 42.0 Å². The lowest BCUT2D eigenvalue weighted by atomic mass is 10.2. The van der Waals surface area contributed by atoms with Crippen molar-refractivity contribution in [2.45, 2.75) is 13.8 Å². The SMILES string of the molecule is Cc1nc(NC(=O)C=Cc2c(F)cccc2Cl)sc1C. The molecule has 1 N–H and O–H groups in total. The first-order valence-corrected chi connectivity index (χ1v) is 7.04. The zero-order valence-corrected chi connectivity index (χ0v) is 12.5. The first-order chi connectivity index (χ1) is 9.47. The van der Waals surface area contributed by atoms with Crippen LogP contribution in [0, 0.1) is 19.7 Å². The largest absolute Gasteiger partial charge is 0.298 e. The van der Waals surface area contributed by atoms with Crippen LogP contribution in [0.4, 0.5) is 9.52 Å². The van der Waals surface area contributed by atoms with Gasteiger partial charge in [0, 0.05) is 16.5 Å². The number of anilines is 1. The third-order valence-corrected chi connectivity index (χ3v) is 3.98. The molecule has 0 aliphatic heterocycles. The van der Waals surface area contributed by atoms with E-state index in [1.165, 1.54) is 35.6 Å². The monoisotopic (exact) mass is 310 g/mol. The van der Waals surface area contributed by atoms with E-state index in [-0.39, 0.29) is 16.5 Å². The summed E-state index contributed by atoms with van der Waals surface area (Å²) in [5.41, 5.74) is 1.07. The molecule has 1 heterocycles. The van der Waals surface area contributed by atoms with Gasteiger partial charge in [0.1, 0.15) is 5.82 Å². The number of hydrogen-bond donors (Lipinski definition) is 1. The number of amides is 1. The molecule has 2 aromatic rings. The fourth-order valence-electron chi connectivity index (χ4n) is 1.50. The molecule has 0 fully saturated rings. The fourth-order valence-corrected chi connectivity index (χ4v) is 2.55. The van der Waals surface area contributed by atoms with Crippen LogP contribution in [0.5, 0.6) is 0 Å². The molecule has 1 amide bonds. The summed E-state index contributed by atoms with van der Waals surface area (Å²) in [4.78, 5) is 17.0. The van der Waals surface area contributed by atoms with Gasteiger partial charge in [0.2, 0.25) is 5.91 Å². The van der Waals surface area contributed by atoms with Crippen molar-refractivity contribution in [3.05, 3.63) is 51.2 Å². The van der Waals surface area contributed by atoms with E-state index in [1.807, 2.05) is 13.8 Å². The van der Waals surface area contributed by atoms with Crippen LogP contribution in [0.1, 0.15) is 16.1 Å². The van der Waals surface area contributed by atoms with Crippen molar-refractivity contribution in [2.75, 3.05) is 5.32 Å². The number of nitrogens with one attached hydrogen (secondary N) is 1. The Bertz CT molecular complexity index is 642. The second-order valence-electron chi connectivity index (χ2n) is 4.12. The Balaban J connectivity index is 2.10. The lowest BCUT2D eigenvalue weighted by Crippen LogP contribution is -2.07. The number of benzene rings is 1. The van der Waals surface area contributed by atoms with E-state index >= 15 is 0 Å². The average Bonchev–Trinajstić information content (AvgIpc) is 2.67. The van der Waals surface area contributed by atoms with Gasteiger partial charge in [-0.25, -0.2) is 9.37 Å². The predicted octanol–water partition coefficient (Wildman–Crippen LogP) is 4.20. The predicted molar refractivity (Wildman–Crippen MR) is 80.7 cm³/mol. The molecule has 6 heteroatoms. The number of hydrogen-bond acceptors (Lipinski definition) is 3. The highest BCUT2D eigenvalue weighted by atomic mass is 35.5. The first-order valence-electron chi connectivity index (χ1n) is 5.84. The van der Waals surface area contributed by atoms with Gasteiger partial charge in [-0.05, 0) is 32.1 Å². The van der Waals surface area contributed by atoms with Crippen molar-refractivity contribution in [3.8, 4) is 0 Å². The van der Waals surface area contributed by atoms with Crippen LogP contribution in [-0.4, -0.2) is 10.9 Å². The molecule has 0 atom stereocenters. The Hall–Kier alpha value is -1.72. The molecule has 0 unspecified atom stereocenters. The van der Waals surface area contributed by atoms with Gasteiger partial charge in [0.25, 0.3) is 0 Å². The second-order valence-corrected chi connectivity index (χ2v) is 5.73. The minimum Gasteiger partial charge on any atom is -0.298 e. The second kappa shape index (κ2) is 6.15. The number of aromatic nitrogens is 1. The zero-order valence-electron chi connectivity index (χ0n) is 10.9. The standard InChI is InChI=1S/C14H12ClFN2OS/c1-8-9(2)20-14(17-8)18-13(19)7-6-10-11(15)4-3-5-12(10)16/h3-7H,1-2H3,(H,17,18,19). The van der Waals surface area contributed by atoms with Crippen molar-refractivity contribution >= 4 is 40.1 Å². The Kier molecular flexibility index (Phi) is 4.52. The van der Waals surface area contributed by atoms with E-state index < -0.39 is 5.82 Å². The number of aryl methyl sites for hydroxylation is 2. The highest BCUT2D eigenvalue weighted by Gasteiger charge is 2.07. The Morgan fingerprint density at radius 1 is 1.45 bits per heavy atom. The molecule has 104 valence electrons. The number of carbonyl (C=O) groups excluding carboxylic acids is 1. The number of thiazole rings is 1. The maximum atomic E-state index is 13.5. The number of nitrogens with zero attached hydrogens (tertiary/aromatic N) is 1. The summed E-state index contributed by atoms with van der Waals surface area (Å²) in [6, 6.07) is 4.36. The van der Waals surface area contributed by atoms with E-state index in [2.05, 4.69) is 10.3 Å². The van der Waals surface area contributed by atoms with Crippen molar-refractivity contribution in [1.29, 1.82) is 0 Å². The van der Waals surface area contributed by atoms with Gasteiger partial charge in [0.15, 0.2) is 5.13 Å². The van der Waals surface area contributed by atoms with E-state index in [0.29, 0.717) is 5.13 Å². The number of halogens is 2. The third-order valence-electron chi connectivity index (χ3n) is 2.66. The molecular weight excluding hydrogens is 299 g/mol. The van der Waals surface area contributed by atoms with Crippen LogP contribution in [0.2, 0.25) is 5.02 Å². The Morgan fingerprint density at radius 3 is 2.80 bits per heavy atom. The van der Waals surface area contributed by atoms with Gasteiger partial charge in [0.05, 0.1) is 10.7 Å². The molecular formula is C14H12ClFN2OS. The summed E-state index contributed by atoms with van der Waals surface area (Å²) in [7, 11) is 0. The van der Waals surface area contributed by atoms with E-state index in [0.717, 1.165) is 10.6 Å². The maximum absolute atomic E-state index is 13.5. The quantitative estimate of drug-likeness (QED) is 0.863. The fraction of sp³-hybridized carbons (Fsp3) is 0.143. The molecule has 1 aromatic carbocycles. The highest BCUT2D eigenvalue weighted by Crippen LogP contribution is 2.22. The third kappa shape index (κ3) is 3.43. The van der Waals surface area contributed by atoms with Crippen LogP contribution in [0.25, 0.3) is 6.08 Å². The van der Waals surface area contributed by atoms with Crippen LogP contribution in [0.15, 0.2) is 24.3 Å². The Labute approximate surface area is 125 Å². The molecule has 0 aliphatic carbocycles. The molecule has 0 saturated carbocycles. The van der Waals surface area contributed by atoms with E-state index in [9.17, 15) is 9.18 Å². The van der Waals surface area contributed by atoms with E-state index in [1.54, 1.807) is 6.07 Å². The van der Waals surface area contributed by atoms with Crippen molar-refractivity contribution in [2.24, 2.45) is 0 Å². The van der Waals surface area contributed by atoms with Crippen LogP contribution < -0.4 is 5.32 Å². The van der Waals surface area contributed by atoms with Gasteiger partial charge in [-0.1, -0.05) is 17.7 Å². The number of rotatable bonds is 3. The normalized spacial score (nSPS) is 11.0. The molecule has 0 saturated heterocycles.